The monoisotopic (exact) mass is 448 g/mol. The molecule has 0 bridgehead atoms. The van der Waals surface area contributed by atoms with E-state index in [1.165, 1.54) is 17.8 Å². The number of rotatable bonds is 9. The van der Waals surface area contributed by atoms with Crippen molar-refractivity contribution in [3.8, 4) is 0 Å². The summed E-state index contributed by atoms with van der Waals surface area (Å²) in [7, 11) is 0. The first-order valence-electron chi connectivity index (χ1n) is 10.1. The molecule has 0 unspecified atom stereocenters. The second-order valence-electron chi connectivity index (χ2n) is 7.15. The minimum Gasteiger partial charge on any atom is -0.480 e. The van der Waals surface area contributed by atoms with Crippen LogP contribution in [0.4, 0.5) is 5.69 Å². The molecule has 3 aromatic carbocycles. The maximum absolute atomic E-state index is 12.3. The van der Waals surface area contributed by atoms with Crippen LogP contribution in [0.3, 0.4) is 0 Å². The molecular formula is C25H24N2O4S. The molecule has 0 spiro atoms. The molecule has 3 aromatic rings. The topological polar surface area (TPSA) is 95.5 Å². The molecule has 0 aliphatic carbocycles. The van der Waals surface area contributed by atoms with Gasteiger partial charge in [-0.05, 0) is 71.2 Å². The zero-order valence-electron chi connectivity index (χ0n) is 17.6. The first-order chi connectivity index (χ1) is 15.5. The average molecular weight is 449 g/mol. The molecule has 2 amide bonds. The lowest BCUT2D eigenvalue weighted by Gasteiger charge is -2.14. The highest BCUT2D eigenvalue weighted by Crippen LogP contribution is 2.17. The normalized spacial score (nSPS) is 11.9. The highest BCUT2D eigenvalue weighted by molar-refractivity contribution is 7.98. The second-order valence-corrected chi connectivity index (χ2v) is 8.14. The summed E-state index contributed by atoms with van der Waals surface area (Å²) in [5.74, 6) is -1.19. The fourth-order valence-electron chi connectivity index (χ4n) is 3.11. The molecule has 0 saturated carbocycles. The minimum atomic E-state index is -1.06. The van der Waals surface area contributed by atoms with Gasteiger partial charge in [-0.2, -0.15) is 11.8 Å². The molecule has 32 heavy (non-hydrogen) atoms. The molecule has 3 N–H and O–H groups in total. The lowest BCUT2D eigenvalue weighted by atomic mass is 10.1. The van der Waals surface area contributed by atoms with Gasteiger partial charge in [0.05, 0.1) is 0 Å². The van der Waals surface area contributed by atoms with Gasteiger partial charge in [0, 0.05) is 17.3 Å². The number of hydrogen-bond acceptors (Lipinski definition) is 4. The maximum Gasteiger partial charge on any atom is 0.326 e. The van der Waals surface area contributed by atoms with Crippen molar-refractivity contribution < 1.29 is 19.5 Å². The molecule has 6 nitrogen and oxygen atoms in total. The van der Waals surface area contributed by atoms with E-state index in [0.29, 0.717) is 23.4 Å². The van der Waals surface area contributed by atoms with E-state index in [2.05, 4.69) is 10.6 Å². The van der Waals surface area contributed by atoms with Gasteiger partial charge in [-0.1, -0.05) is 36.4 Å². The SMILES string of the molecule is CSCC[C@H](NC(=O)c1ccc(NC(=O)/C=C/c2ccc3ccccc3c2)cc1)C(=O)O. The summed E-state index contributed by atoms with van der Waals surface area (Å²) in [4.78, 5) is 35.9. The molecule has 0 saturated heterocycles. The van der Waals surface area contributed by atoms with Crippen LogP contribution in [-0.2, 0) is 9.59 Å². The summed E-state index contributed by atoms with van der Waals surface area (Å²) in [6.45, 7) is 0. The lowest BCUT2D eigenvalue weighted by molar-refractivity contribution is -0.139. The Morgan fingerprint density at radius 2 is 1.72 bits per heavy atom. The minimum absolute atomic E-state index is 0.293. The molecule has 1 atom stereocenters. The zero-order chi connectivity index (χ0) is 22.9. The summed E-state index contributed by atoms with van der Waals surface area (Å²) in [6, 6.07) is 19.3. The Labute approximate surface area is 190 Å². The quantitative estimate of drug-likeness (QED) is 0.421. The van der Waals surface area contributed by atoms with E-state index < -0.39 is 17.9 Å². The number of carboxylic acids is 1. The van der Waals surface area contributed by atoms with Crippen molar-refractivity contribution in [3.63, 3.8) is 0 Å². The zero-order valence-corrected chi connectivity index (χ0v) is 18.4. The van der Waals surface area contributed by atoms with Crippen LogP contribution in [0.5, 0.6) is 0 Å². The van der Waals surface area contributed by atoms with Crippen LogP contribution in [0.25, 0.3) is 16.8 Å². The Balaban J connectivity index is 1.58. The summed E-state index contributed by atoms with van der Waals surface area (Å²) >= 11 is 1.52. The van der Waals surface area contributed by atoms with E-state index in [1.807, 2.05) is 48.7 Å². The number of carbonyl (C=O) groups excluding carboxylic acids is 2. The summed E-state index contributed by atoms with van der Waals surface area (Å²) < 4.78 is 0. The van der Waals surface area contributed by atoms with Crippen molar-refractivity contribution >= 4 is 52.1 Å². The average Bonchev–Trinajstić information content (AvgIpc) is 2.80. The van der Waals surface area contributed by atoms with Crippen LogP contribution < -0.4 is 10.6 Å². The van der Waals surface area contributed by atoms with E-state index >= 15 is 0 Å². The highest BCUT2D eigenvalue weighted by atomic mass is 32.2. The fourth-order valence-corrected chi connectivity index (χ4v) is 3.58. The van der Waals surface area contributed by atoms with Gasteiger partial charge in [0.15, 0.2) is 0 Å². The number of hydrogen-bond donors (Lipinski definition) is 3. The molecule has 0 aliphatic heterocycles. The van der Waals surface area contributed by atoms with Crippen LogP contribution >= 0.6 is 11.8 Å². The Morgan fingerprint density at radius 3 is 2.41 bits per heavy atom. The van der Waals surface area contributed by atoms with Crippen LogP contribution in [0.15, 0.2) is 72.8 Å². The Kier molecular flexibility index (Phi) is 8.05. The van der Waals surface area contributed by atoms with E-state index in [-0.39, 0.29) is 5.91 Å². The van der Waals surface area contributed by atoms with E-state index in [1.54, 1.807) is 30.3 Å². The van der Waals surface area contributed by atoms with Gasteiger partial charge in [-0.15, -0.1) is 0 Å². The molecule has 164 valence electrons. The van der Waals surface area contributed by atoms with Gasteiger partial charge in [0.25, 0.3) is 5.91 Å². The van der Waals surface area contributed by atoms with Crippen molar-refractivity contribution in [2.45, 2.75) is 12.5 Å². The third-order valence-corrected chi connectivity index (χ3v) is 5.47. The van der Waals surface area contributed by atoms with Gasteiger partial charge in [-0.3, -0.25) is 9.59 Å². The predicted molar refractivity (Wildman–Crippen MR) is 130 cm³/mol. The molecule has 0 fully saturated rings. The first-order valence-corrected chi connectivity index (χ1v) is 11.5. The Bertz CT molecular complexity index is 1140. The van der Waals surface area contributed by atoms with E-state index in [0.717, 1.165) is 16.3 Å². The summed E-state index contributed by atoms with van der Waals surface area (Å²) in [5, 5.41) is 16.8. The smallest absolute Gasteiger partial charge is 0.326 e. The standard InChI is InChI=1S/C25H24N2O4S/c1-32-15-14-22(25(30)31)27-24(29)19-9-11-21(12-10-19)26-23(28)13-7-17-6-8-18-4-2-3-5-20(18)16-17/h2-13,16,22H,14-15H2,1H3,(H,26,28)(H,27,29)(H,30,31)/b13-7+/t22-/m0/s1. The van der Waals surface area contributed by atoms with Crippen LogP contribution in [-0.4, -0.2) is 40.9 Å². The number of amides is 2. The number of benzene rings is 3. The number of carboxylic acid groups (broad SMARTS) is 1. The number of fused-ring (bicyclic) bond motifs is 1. The van der Waals surface area contributed by atoms with Gasteiger partial charge in [0.1, 0.15) is 6.04 Å². The number of anilines is 1. The molecular weight excluding hydrogens is 424 g/mol. The van der Waals surface area contributed by atoms with Crippen molar-refractivity contribution in [1.82, 2.24) is 5.32 Å². The number of carbonyl (C=O) groups is 3. The van der Waals surface area contributed by atoms with Gasteiger partial charge in [-0.25, -0.2) is 4.79 Å². The van der Waals surface area contributed by atoms with Crippen LogP contribution in [0.2, 0.25) is 0 Å². The van der Waals surface area contributed by atoms with Gasteiger partial charge >= 0.3 is 5.97 Å². The molecule has 3 rings (SSSR count). The Hall–Kier alpha value is -3.58. The van der Waals surface area contributed by atoms with Crippen molar-refractivity contribution in [2.75, 3.05) is 17.3 Å². The first kappa shape index (κ1) is 23.1. The maximum atomic E-state index is 12.3. The molecule has 0 aromatic heterocycles. The largest absolute Gasteiger partial charge is 0.480 e. The third-order valence-electron chi connectivity index (χ3n) is 4.83. The van der Waals surface area contributed by atoms with Crippen molar-refractivity contribution in [1.29, 1.82) is 0 Å². The Morgan fingerprint density at radius 1 is 1.00 bits per heavy atom. The highest BCUT2D eigenvalue weighted by Gasteiger charge is 2.20. The van der Waals surface area contributed by atoms with E-state index in [4.69, 9.17) is 0 Å². The van der Waals surface area contributed by atoms with Crippen LogP contribution in [0, 0.1) is 0 Å². The summed E-state index contributed by atoms with van der Waals surface area (Å²) in [6.07, 6.45) is 5.42. The second kappa shape index (κ2) is 11.2. The van der Waals surface area contributed by atoms with Gasteiger partial charge in [0.2, 0.25) is 5.91 Å². The molecule has 7 heteroatoms. The number of thioether (sulfide) groups is 1. The lowest BCUT2D eigenvalue weighted by Crippen LogP contribution is -2.41. The molecule has 0 radical (unpaired) electrons. The summed E-state index contributed by atoms with van der Waals surface area (Å²) in [5.41, 5.74) is 1.78. The molecule has 0 heterocycles. The predicted octanol–water partition coefficient (Wildman–Crippen LogP) is 4.43. The number of nitrogens with one attached hydrogen (secondary N) is 2. The van der Waals surface area contributed by atoms with Crippen molar-refractivity contribution in [2.24, 2.45) is 0 Å². The van der Waals surface area contributed by atoms with E-state index in [9.17, 15) is 19.5 Å². The fraction of sp³-hybridized carbons (Fsp3) is 0.160. The van der Waals surface area contributed by atoms with Gasteiger partial charge < -0.3 is 15.7 Å². The molecule has 0 aliphatic rings. The third kappa shape index (κ3) is 6.46. The van der Waals surface area contributed by atoms with Crippen molar-refractivity contribution in [3.05, 3.63) is 83.9 Å². The number of aliphatic carboxylic acids is 1. The van der Waals surface area contributed by atoms with Crippen LogP contribution in [0.1, 0.15) is 22.3 Å².